The molecule has 1 fully saturated rings. The van der Waals surface area contributed by atoms with Crippen molar-refractivity contribution in [3.63, 3.8) is 0 Å². The largest absolute Gasteiger partial charge is 0.493 e. The third-order valence-electron chi connectivity index (χ3n) is 6.55. The fourth-order valence-electron chi connectivity index (χ4n) is 4.74. The summed E-state index contributed by atoms with van der Waals surface area (Å²) in [5, 5.41) is 0. The van der Waals surface area contributed by atoms with E-state index in [0.717, 1.165) is 5.56 Å². The summed E-state index contributed by atoms with van der Waals surface area (Å²) >= 11 is 0. The maximum absolute atomic E-state index is 13.3. The zero-order chi connectivity index (χ0) is 28.2. The molecule has 0 radical (unpaired) electrons. The lowest BCUT2D eigenvalue weighted by Crippen LogP contribution is -2.36. The molecule has 40 heavy (non-hydrogen) atoms. The van der Waals surface area contributed by atoms with Crippen molar-refractivity contribution >= 4 is 23.8 Å². The molecule has 3 aromatic rings. The highest BCUT2D eigenvalue weighted by atomic mass is 19.1. The van der Waals surface area contributed by atoms with Crippen LogP contribution in [0.5, 0.6) is 17.4 Å². The summed E-state index contributed by atoms with van der Waals surface area (Å²) in [5.74, 6) is 0.938. The average molecular weight is 549 g/mol. The summed E-state index contributed by atoms with van der Waals surface area (Å²) < 4.78 is 35.9. The summed E-state index contributed by atoms with van der Waals surface area (Å²) in [7, 11) is 1.51. The van der Waals surface area contributed by atoms with Gasteiger partial charge in [-0.15, -0.1) is 0 Å². The molecule has 2 atom stereocenters. The van der Waals surface area contributed by atoms with Crippen molar-refractivity contribution in [3.05, 3.63) is 59.7 Å². The molecule has 2 unspecified atom stereocenters. The van der Waals surface area contributed by atoms with Gasteiger partial charge >= 0.3 is 5.97 Å². The van der Waals surface area contributed by atoms with E-state index in [-0.39, 0.29) is 29.8 Å². The lowest BCUT2D eigenvalue weighted by molar-refractivity contribution is -0.145. The summed E-state index contributed by atoms with van der Waals surface area (Å²) in [6.07, 6.45) is 2.40. The topological polar surface area (TPSA) is 112 Å². The lowest BCUT2D eigenvalue weighted by Gasteiger charge is -2.20. The van der Waals surface area contributed by atoms with Crippen LogP contribution in [-0.2, 0) is 9.53 Å². The number of carbonyl (C=O) groups excluding carboxylic acids is 2. The van der Waals surface area contributed by atoms with Crippen LogP contribution in [0.15, 0.2) is 47.5 Å². The number of hydrogen-bond donors (Lipinski definition) is 0. The fraction of sp³-hybridized carbons (Fsp3) is 0.345. The molecule has 0 N–H and O–H groups in total. The highest BCUT2D eigenvalue weighted by Crippen LogP contribution is 2.38. The van der Waals surface area contributed by atoms with Crippen molar-refractivity contribution in [3.8, 4) is 28.6 Å². The van der Waals surface area contributed by atoms with Gasteiger partial charge in [0.1, 0.15) is 17.7 Å². The molecule has 208 valence electrons. The number of ether oxygens (including phenoxy) is 4. The molecular formula is C29H29FN4O6. The standard InChI is InChI=1S/C29H29FN4O6/c1-17-32-24(19-5-7-20(30)8-6-19)14-28(33-17)39-10-4-9-38-27-13-25-23(12-26(27)37-3)29(36)34-16-22(40-18(2)35)11-21(34)15-31-25/h5-8,12-15,21-22H,4,9-11,16H2,1-3H3. The monoisotopic (exact) mass is 548 g/mol. The minimum absolute atomic E-state index is 0.203. The number of aromatic nitrogens is 2. The molecule has 0 bridgehead atoms. The predicted molar refractivity (Wildman–Crippen MR) is 144 cm³/mol. The molecule has 1 saturated heterocycles. The first-order chi connectivity index (χ1) is 19.3. The third kappa shape index (κ3) is 6.03. The van der Waals surface area contributed by atoms with Crippen molar-refractivity contribution in [1.29, 1.82) is 0 Å². The van der Waals surface area contributed by atoms with Crippen LogP contribution in [0.3, 0.4) is 0 Å². The SMILES string of the molecule is COc1cc2c(cc1OCCCOc1cc(-c3ccc(F)cc3)nc(C)n1)N=CC1CC(OC(C)=O)CN1C2=O. The van der Waals surface area contributed by atoms with Gasteiger partial charge < -0.3 is 23.8 Å². The molecule has 2 aliphatic heterocycles. The van der Waals surface area contributed by atoms with E-state index < -0.39 is 0 Å². The van der Waals surface area contributed by atoms with E-state index in [1.54, 1.807) is 48.4 Å². The van der Waals surface area contributed by atoms with E-state index in [1.165, 1.54) is 26.2 Å². The summed E-state index contributed by atoms with van der Waals surface area (Å²) in [4.78, 5) is 39.6. The number of aliphatic imine (C=N–C) groups is 1. The van der Waals surface area contributed by atoms with Crippen molar-refractivity contribution in [2.45, 2.75) is 38.8 Å². The minimum Gasteiger partial charge on any atom is -0.493 e. The number of nitrogens with zero attached hydrogens (tertiary/aromatic N) is 4. The van der Waals surface area contributed by atoms with Gasteiger partial charge in [0, 0.05) is 43.7 Å². The van der Waals surface area contributed by atoms with Gasteiger partial charge in [-0.05, 0) is 37.3 Å². The van der Waals surface area contributed by atoms with Crippen LogP contribution >= 0.6 is 0 Å². The molecule has 2 aliphatic rings. The van der Waals surface area contributed by atoms with E-state index in [0.29, 0.717) is 72.7 Å². The van der Waals surface area contributed by atoms with E-state index in [1.807, 2.05) is 0 Å². The number of amides is 1. The molecule has 0 saturated carbocycles. The Morgan fingerprint density at radius 3 is 2.60 bits per heavy atom. The number of fused-ring (bicyclic) bond motifs is 2. The Labute approximate surface area is 230 Å². The van der Waals surface area contributed by atoms with Gasteiger partial charge in [-0.25, -0.2) is 9.37 Å². The molecular weight excluding hydrogens is 519 g/mol. The number of benzene rings is 2. The van der Waals surface area contributed by atoms with Gasteiger partial charge in [0.05, 0.1) is 49.9 Å². The molecule has 2 aromatic carbocycles. The first-order valence-corrected chi connectivity index (χ1v) is 12.9. The Balaban J connectivity index is 1.20. The van der Waals surface area contributed by atoms with Crippen LogP contribution in [0, 0.1) is 12.7 Å². The minimum atomic E-state index is -0.372. The highest BCUT2D eigenvalue weighted by Gasteiger charge is 2.39. The van der Waals surface area contributed by atoms with Crippen LogP contribution in [0.2, 0.25) is 0 Å². The van der Waals surface area contributed by atoms with Gasteiger partial charge in [-0.1, -0.05) is 0 Å². The Morgan fingerprint density at radius 2 is 1.85 bits per heavy atom. The number of halogens is 1. The number of rotatable bonds is 9. The van der Waals surface area contributed by atoms with Crippen LogP contribution in [0.25, 0.3) is 11.3 Å². The van der Waals surface area contributed by atoms with Gasteiger partial charge in [0.15, 0.2) is 11.5 Å². The van der Waals surface area contributed by atoms with E-state index in [2.05, 4.69) is 15.0 Å². The smallest absolute Gasteiger partial charge is 0.302 e. The number of methoxy groups -OCH3 is 1. The first kappa shape index (κ1) is 27.0. The van der Waals surface area contributed by atoms with Crippen LogP contribution in [-0.4, -0.2) is 72.0 Å². The van der Waals surface area contributed by atoms with Crippen molar-refractivity contribution in [2.75, 3.05) is 26.9 Å². The summed E-state index contributed by atoms with van der Waals surface area (Å²) in [6.45, 7) is 4.09. The molecule has 1 amide bonds. The zero-order valence-corrected chi connectivity index (χ0v) is 22.4. The van der Waals surface area contributed by atoms with E-state index in [9.17, 15) is 14.0 Å². The molecule has 1 aromatic heterocycles. The lowest BCUT2D eigenvalue weighted by atomic mass is 10.1. The summed E-state index contributed by atoms with van der Waals surface area (Å²) in [6, 6.07) is 10.9. The Bertz CT molecular complexity index is 1450. The fourth-order valence-corrected chi connectivity index (χ4v) is 4.74. The highest BCUT2D eigenvalue weighted by molar-refractivity contribution is 6.03. The van der Waals surface area contributed by atoms with E-state index in [4.69, 9.17) is 18.9 Å². The number of carbonyl (C=O) groups is 2. The van der Waals surface area contributed by atoms with Crippen molar-refractivity contribution in [2.24, 2.45) is 4.99 Å². The second-order valence-corrected chi connectivity index (χ2v) is 9.49. The quantitative estimate of drug-likeness (QED) is 0.287. The molecule has 0 aliphatic carbocycles. The predicted octanol–water partition coefficient (Wildman–Crippen LogP) is 4.31. The second kappa shape index (κ2) is 11.7. The van der Waals surface area contributed by atoms with E-state index >= 15 is 0 Å². The molecule has 11 heteroatoms. The van der Waals surface area contributed by atoms with Gasteiger partial charge in [0.25, 0.3) is 5.91 Å². The number of hydrogen-bond acceptors (Lipinski definition) is 9. The normalized spacial score (nSPS) is 17.6. The Hall–Kier alpha value is -4.54. The molecule has 3 heterocycles. The molecule has 10 nitrogen and oxygen atoms in total. The van der Waals surface area contributed by atoms with Crippen molar-refractivity contribution < 1.29 is 32.9 Å². The van der Waals surface area contributed by atoms with Crippen LogP contribution in [0.1, 0.15) is 35.9 Å². The average Bonchev–Trinajstić information content (AvgIpc) is 3.28. The van der Waals surface area contributed by atoms with Crippen LogP contribution in [0.4, 0.5) is 10.1 Å². The van der Waals surface area contributed by atoms with Crippen molar-refractivity contribution in [1.82, 2.24) is 14.9 Å². The first-order valence-electron chi connectivity index (χ1n) is 12.9. The zero-order valence-electron chi connectivity index (χ0n) is 22.4. The summed E-state index contributed by atoms with van der Waals surface area (Å²) in [5.41, 5.74) is 2.29. The van der Waals surface area contributed by atoms with Gasteiger partial charge in [-0.2, -0.15) is 4.98 Å². The third-order valence-corrected chi connectivity index (χ3v) is 6.55. The number of aryl methyl sites for hydroxylation is 1. The maximum atomic E-state index is 13.3. The van der Waals surface area contributed by atoms with Gasteiger partial charge in [-0.3, -0.25) is 14.6 Å². The maximum Gasteiger partial charge on any atom is 0.302 e. The second-order valence-electron chi connectivity index (χ2n) is 9.49. The Morgan fingerprint density at radius 1 is 1.07 bits per heavy atom. The number of esters is 1. The molecule has 5 rings (SSSR count). The Kier molecular flexibility index (Phi) is 7.90. The van der Waals surface area contributed by atoms with Gasteiger partial charge in [0.2, 0.25) is 5.88 Å². The van der Waals surface area contributed by atoms with Crippen LogP contribution < -0.4 is 14.2 Å². The molecule has 0 spiro atoms.